The second-order valence-corrected chi connectivity index (χ2v) is 7.49. The molecule has 1 fully saturated rings. The van der Waals surface area contributed by atoms with E-state index in [1.807, 2.05) is 26.2 Å². The molecule has 1 aliphatic rings. The number of benzene rings is 1. The van der Waals surface area contributed by atoms with Crippen molar-refractivity contribution < 1.29 is 9.13 Å². The first-order valence-electron chi connectivity index (χ1n) is 10.00. The molecule has 1 N–H and O–H groups in total. The van der Waals surface area contributed by atoms with E-state index in [-0.39, 0.29) is 11.9 Å². The maximum Gasteiger partial charge on any atom is 0.193 e. The average Bonchev–Trinajstić information content (AvgIpc) is 2.67. The van der Waals surface area contributed by atoms with Gasteiger partial charge in [-0.3, -0.25) is 4.99 Å². The predicted molar refractivity (Wildman–Crippen MR) is 110 cm³/mol. The number of ether oxygens (including phenoxy) is 1. The molecule has 152 valence electrons. The van der Waals surface area contributed by atoms with Crippen LogP contribution in [0.2, 0.25) is 0 Å². The van der Waals surface area contributed by atoms with Crippen LogP contribution in [-0.2, 0) is 4.74 Å². The predicted octanol–water partition coefficient (Wildman–Crippen LogP) is 3.14. The van der Waals surface area contributed by atoms with Gasteiger partial charge in [0.25, 0.3) is 0 Å². The number of aliphatic imine (C=N–C) groups is 1. The van der Waals surface area contributed by atoms with Crippen molar-refractivity contribution in [3.63, 3.8) is 0 Å². The maximum atomic E-state index is 13.2. The molecule has 0 radical (unpaired) electrons. The van der Waals surface area contributed by atoms with Crippen molar-refractivity contribution >= 4 is 5.96 Å². The molecule has 1 unspecified atom stereocenters. The van der Waals surface area contributed by atoms with E-state index in [0.29, 0.717) is 6.54 Å². The number of nitrogens with one attached hydrogen (secondary N) is 1. The first kappa shape index (κ1) is 21.6. The molecule has 0 saturated carbocycles. The van der Waals surface area contributed by atoms with Crippen molar-refractivity contribution in [2.75, 3.05) is 54.0 Å². The van der Waals surface area contributed by atoms with E-state index >= 15 is 0 Å². The lowest BCUT2D eigenvalue weighted by Gasteiger charge is -2.28. The highest BCUT2D eigenvalue weighted by atomic mass is 19.1. The summed E-state index contributed by atoms with van der Waals surface area (Å²) in [6.07, 6.45) is 3.49. The molecule has 0 spiro atoms. The molecule has 1 saturated heterocycles. The summed E-state index contributed by atoms with van der Waals surface area (Å²) >= 11 is 0. The van der Waals surface area contributed by atoms with E-state index in [0.717, 1.165) is 56.6 Å². The Hall–Kier alpha value is -1.66. The van der Waals surface area contributed by atoms with E-state index in [9.17, 15) is 4.39 Å². The van der Waals surface area contributed by atoms with Crippen molar-refractivity contribution in [2.45, 2.75) is 32.2 Å². The van der Waals surface area contributed by atoms with E-state index in [1.165, 1.54) is 18.6 Å². The number of likely N-dealkylation sites (N-methyl/N-ethyl adjacent to an activating group) is 1. The van der Waals surface area contributed by atoms with Crippen LogP contribution >= 0.6 is 0 Å². The molecule has 1 heterocycles. The first-order valence-corrected chi connectivity index (χ1v) is 10.00. The van der Waals surface area contributed by atoms with Gasteiger partial charge in [-0.25, -0.2) is 4.39 Å². The van der Waals surface area contributed by atoms with Gasteiger partial charge in [-0.2, -0.15) is 0 Å². The van der Waals surface area contributed by atoms with E-state index in [4.69, 9.17) is 9.73 Å². The van der Waals surface area contributed by atoms with Crippen LogP contribution in [0, 0.1) is 11.7 Å². The maximum absolute atomic E-state index is 13.2. The van der Waals surface area contributed by atoms with Crippen LogP contribution in [0.5, 0.6) is 0 Å². The Morgan fingerprint density at radius 3 is 2.48 bits per heavy atom. The van der Waals surface area contributed by atoms with Gasteiger partial charge >= 0.3 is 0 Å². The van der Waals surface area contributed by atoms with Crippen molar-refractivity contribution in [2.24, 2.45) is 10.9 Å². The summed E-state index contributed by atoms with van der Waals surface area (Å²) in [5.74, 6) is 1.47. The number of rotatable bonds is 8. The largest absolute Gasteiger partial charge is 0.381 e. The zero-order chi connectivity index (χ0) is 19.6. The molecule has 1 aromatic rings. The van der Waals surface area contributed by atoms with Crippen LogP contribution in [0.15, 0.2) is 29.3 Å². The van der Waals surface area contributed by atoms with Crippen molar-refractivity contribution in [1.82, 2.24) is 15.1 Å². The first-order chi connectivity index (χ1) is 13.0. The molecule has 2 rings (SSSR count). The third kappa shape index (κ3) is 7.11. The van der Waals surface area contributed by atoms with Gasteiger partial charge in [-0.15, -0.1) is 0 Å². The number of halogens is 1. The molecule has 0 bridgehead atoms. The summed E-state index contributed by atoms with van der Waals surface area (Å²) in [5, 5.41) is 3.40. The summed E-state index contributed by atoms with van der Waals surface area (Å²) < 4.78 is 18.7. The Labute approximate surface area is 163 Å². The number of hydrogen-bond donors (Lipinski definition) is 1. The Morgan fingerprint density at radius 2 is 1.89 bits per heavy atom. The fraction of sp³-hybridized carbons (Fsp3) is 0.667. The van der Waals surface area contributed by atoms with Crippen LogP contribution in [0.25, 0.3) is 0 Å². The number of guanidine groups is 1. The minimum Gasteiger partial charge on any atom is -0.381 e. The van der Waals surface area contributed by atoms with Gasteiger partial charge in [0.1, 0.15) is 5.82 Å². The van der Waals surface area contributed by atoms with Gasteiger partial charge in [0.05, 0.1) is 12.6 Å². The van der Waals surface area contributed by atoms with E-state index < -0.39 is 0 Å². The highest BCUT2D eigenvalue weighted by molar-refractivity contribution is 5.79. The topological polar surface area (TPSA) is 40.1 Å². The SMILES string of the molecule is CCNC(=NCC(c1ccc(F)cc1)N(C)C)N(C)CCC1CCOCC1. The van der Waals surface area contributed by atoms with Crippen molar-refractivity contribution in [1.29, 1.82) is 0 Å². The molecular weight excluding hydrogens is 343 g/mol. The molecule has 0 aromatic heterocycles. The van der Waals surface area contributed by atoms with Crippen LogP contribution in [0.3, 0.4) is 0 Å². The lowest BCUT2D eigenvalue weighted by Crippen LogP contribution is -2.40. The molecule has 1 atom stereocenters. The van der Waals surface area contributed by atoms with Gasteiger partial charge in [0.2, 0.25) is 0 Å². The Balaban J connectivity index is 1.99. The number of hydrogen-bond acceptors (Lipinski definition) is 3. The van der Waals surface area contributed by atoms with Crippen LogP contribution in [-0.4, -0.2) is 69.8 Å². The van der Waals surface area contributed by atoms with Crippen LogP contribution in [0.1, 0.15) is 37.8 Å². The molecule has 1 aliphatic heterocycles. The summed E-state index contributed by atoms with van der Waals surface area (Å²) in [7, 11) is 6.17. The average molecular weight is 379 g/mol. The van der Waals surface area contributed by atoms with Gasteiger partial charge in [-0.1, -0.05) is 12.1 Å². The monoisotopic (exact) mass is 378 g/mol. The van der Waals surface area contributed by atoms with Gasteiger partial charge in [-0.05, 0) is 63.9 Å². The highest BCUT2D eigenvalue weighted by Gasteiger charge is 2.17. The summed E-state index contributed by atoms with van der Waals surface area (Å²) in [6.45, 7) is 6.33. The fourth-order valence-corrected chi connectivity index (χ4v) is 3.41. The van der Waals surface area contributed by atoms with Gasteiger partial charge in [0, 0.05) is 33.4 Å². The Bertz CT molecular complexity index is 570. The molecule has 1 aromatic carbocycles. The second-order valence-electron chi connectivity index (χ2n) is 7.49. The van der Waals surface area contributed by atoms with Crippen LogP contribution < -0.4 is 5.32 Å². The molecule has 6 heteroatoms. The molecule has 0 amide bonds. The van der Waals surface area contributed by atoms with Crippen LogP contribution in [0.4, 0.5) is 4.39 Å². The zero-order valence-electron chi connectivity index (χ0n) is 17.2. The quantitative estimate of drug-likeness (QED) is 0.557. The van der Waals surface area contributed by atoms with E-state index in [2.05, 4.69) is 29.1 Å². The normalized spacial score (nSPS) is 17.2. The van der Waals surface area contributed by atoms with Gasteiger partial charge < -0.3 is 19.9 Å². The van der Waals surface area contributed by atoms with Crippen molar-refractivity contribution in [3.05, 3.63) is 35.6 Å². The van der Waals surface area contributed by atoms with Gasteiger partial charge in [0.15, 0.2) is 5.96 Å². The lowest BCUT2D eigenvalue weighted by atomic mass is 9.96. The summed E-state index contributed by atoms with van der Waals surface area (Å²) in [4.78, 5) is 9.21. The smallest absolute Gasteiger partial charge is 0.193 e. The summed E-state index contributed by atoms with van der Waals surface area (Å²) in [5.41, 5.74) is 1.07. The second kappa shape index (κ2) is 11.2. The molecule has 27 heavy (non-hydrogen) atoms. The van der Waals surface area contributed by atoms with Crippen molar-refractivity contribution in [3.8, 4) is 0 Å². The molecule has 0 aliphatic carbocycles. The third-order valence-electron chi connectivity index (χ3n) is 5.20. The van der Waals surface area contributed by atoms with E-state index in [1.54, 1.807) is 0 Å². The number of nitrogens with zero attached hydrogens (tertiary/aromatic N) is 3. The third-order valence-corrected chi connectivity index (χ3v) is 5.20. The minimum absolute atomic E-state index is 0.114. The standard InChI is InChI=1S/C21H35FN4O/c1-5-23-21(26(4)13-10-17-11-14-27-15-12-17)24-16-20(25(2)3)18-6-8-19(22)9-7-18/h6-9,17,20H,5,10-16H2,1-4H3,(H,23,24). The molecular formula is C21H35FN4O. The Morgan fingerprint density at radius 1 is 1.22 bits per heavy atom. The fourth-order valence-electron chi connectivity index (χ4n) is 3.41. The zero-order valence-corrected chi connectivity index (χ0v) is 17.2. The highest BCUT2D eigenvalue weighted by Crippen LogP contribution is 2.20. The summed E-state index contributed by atoms with van der Waals surface area (Å²) in [6, 6.07) is 6.83. The minimum atomic E-state index is -0.207. The molecule has 5 nitrogen and oxygen atoms in total. The Kier molecular flexibility index (Phi) is 9.01. The lowest BCUT2D eigenvalue weighted by molar-refractivity contribution is 0.0625.